The van der Waals surface area contributed by atoms with E-state index in [1.807, 2.05) is 13.8 Å². The summed E-state index contributed by atoms with van der Waals surface area (Å²) in [5.74, 6) is -0.783. The molecule has 0 fully saturated rings. The van der Waals surface area contributed by atoms with Crippen LogP contribution >= 0.6 is 34.8 Å². The van der Waals surface area contributed by atoms with E-state index >= 15 is 0 Å². The number of H-pyrrole nitrogens is 1. The number of hydrogen-bond acceptors (Lipinski definition) is 3. The Bertz CT molecular complexity index is 1230. The number of aromatic amines is 1. The van der Waals surface area contributed by atoms with Gasteiger partial charge in [-0.1, -0.05) is 61.1 Å². The van der Waals surface area contributed by atoms with Crippen LogP contribution in [0.25, 0.3) is 5.69 Å². The largest absolute Gasteiger partial charge is 0.331 e. The Morgan fingerprint density at radius 2 is 1.76 bits per heavy atom. The average Bonchev–Trinajstić information content (AvgIpc) is 3.11. The number of benzene rings is 2. The Morgan fingerprint density at radius 1 is 1.00 bits per heavy atom. The van der Waals surface area contributed by atoms with Gasteiger partial charge in [0.15, 0.2) is 5.78 Å². The van der Waals surface area contributed by atoms with Crippen molar-refractivity contribution in [2.24, 2.45) is 0 Å². The van der Waals surface area contributed by atoms with E-state index in [9.17, 15) is 14.4 Å². The number of amides is 1. The molecule has 0 spiro atoms. The molecule has 1 heterocycles. The molecule has 0 atom stereocenters. The van der Waals surface area contributed by atoms with Gasteiger partial charge in [0.25, 0.3) is 11.5 Å². The van der Waals surface area contributed by atoms with Crippen LogP contribution in [0.5, 0.6) is 0 Å². The van der Waals surface area contributed by atoms with E-state index in [-0.39, 0.29) is 23.0 Å². The van der Waals surface area contributed by atoms with Crippen LogP contribution in [0.2, 0.25) is 15.1 Å². The van der Waals surface area contributed by atoms with Crippen molar-refractivity contribution >= 4 is 46.5 Å². The molecular weight excluding hydrogens is 485 g/mol. The van der Waals surface area contributed by atoms with Gasteiger partial charge >= 0.3 is 0 Å². The third-order valence-corrected chi connectivity index (χ3v) is 6.07. The molecule has 33 heavy (non-hydrogen) atoms. The van der Waals surface area contributed by atoms with Crippen molar-refractivity contribution in [3.8, 4) is 5.69 Å². The zero-order valence-electron chi connectivity index (χ0n) is 18.3. The number of rotatable bonds is 9. The van der Waals surface area contributed by atoms with Crippen LogP contribution < -0.4 is 5.56 Å². The molecule has 0 radical (unpaired) electrons. The zero-order chi connectivity index (χ0) is 24.1. The van der Waals surface area contributed by atoms with Crippen LogP contribution in [0, 0.1) is 0 Å². The molecule has 0 aliphatic carbocycles. The number of nitrogens with one attached hydrogen (secondary N) is 1. The van der Waals surface area contributed by atoms with Crippen LogP contribution in [0.4, 0.5) is 0 Å². The maximum Gasteiger partial charge on any atom is 0.282 e. The normalized spacial score (nSPS) is 10.9. The lowest BCUT2D eigenvalue weighted by molar-refractivity contribution is 0.0709. The van der Waals surface area contributed by atoms with Crippen molar-refractivity contribution in [1.82, 2.24) is 14.7 Å². The predicted octanol–water partition coefficient (Wildman–Crippen LogP) is 5.81. The van der Waals surface area contributed by atoms with E-state index in [0.717, 1.165) is 6.42 Å². The lowest BCUT2D eigenvalue weighted by Crippen LogP contribution is -2.38. The zero-order valence-corrected chi connectivity index (χ0v) is 20.6. The molecular formula is C24H24Cl3N3O3. The van der Waals surface area contributed by atoms with E-state index < -0.39 is 11.3 Å². The number of nitrogens with zero attached hydrogens (tertiary/aromatic N) is 2. The summed E-state index contributed by atoms with van der Waals surface area (Å²) in [4.78, 5) is 41.0. The first-order chi connectivity index (χ1) is 15.8. The van der Waals surface area contributed by atoms with Gasteiger partial charge in [-0.15, -0.1) is 0 Å². The molecule has 0 saturated heterocycles. The number of aromatic nitrogens is 2. The van der Waals surface area contributed by atoms with Crippen LogP contribution in [-0.2, 0) is 6.42 Å². The predicted molar refractivity (Wildman–Crippen MR) is 132 cm³/mol. The van der Waals surface area contributed by atoms with Crippen LogP contribution in [0.15, 0.2) is 47.3 Å². The minimum Gasteiger partial charge on any atom is -0.331 e. The summed E-state index contributed by atoms with van der Waals surface area (Å²) in [6, 6.07) is 11.4. The molecule has 1 aromatic heterocycles. The highest BCUT2D eigenvalue weighted by Crippen LogP contribution is 2.23. The van der Waals surface area contributed by atoms with E-state index in [1.165, 1.54) is 21.7 Å². The van der Waals surface area contributed by atoms with Crippen molar-refractivity contribution in [2.75, 3.05) is 13.1 Å². The first kappa shape index (κ1) is 25.1. The van der Waals surface area contributed by atoms with Crippen molar-refractivity contribution in [3.05, 3.63) is 84.7 Å². The molecule has 0 bridgehead atoms. The smallest absolute Gasteiger partial charge is 0.282 e. The SMILES string of the molecule is CCCc1[nH]n(-c2cccc(Cl)c2)c(=O)c1C(=O)CN(CCC)C(=O)c1ccc(Cl)c(Cl)c1. The Hall–Kier alpha value is -2.54. The number of halogens is 3. The highest BCUT2D eigenvalue weighted by atomic mass is 35.5. The number of hydrogen-bond donors (Lipinski definition) is 1. The molecule has 1 amide bonds. The second-order valence-corrected chi connectivity index (χ2v) is 8.87. The molecule has 174 valence electrons. The van der Waals surface area contributed by atoms with Gasteiger partial charge in [-0.2, -0.15) is 0 Å². The van der Waals surface area contributed by atoms with Crippen molar-refractivity contribution in [2.45, 2.75) is 33.1 Å². The van der Waals surface area contributed by atoms with Gasteiger partial charge in [0.05, 0.1) is 22.3 Å². The number of Topliss-reactive ketones (excluding diaryl/α,β-unsaturated/α-hetero) is 1. The summed E-state index contributed by atoms with van der Waals surface area (Å²) >= 11 is 18.1. The maximum atomic E-state index is 13.3. The van der Waals surface area contributed by atoms with Gasteiger partial charge in [-0.25, -0.2) is 4.68 Å². The lowest BCUT2D eigenvalue weighted by Gasteiger charge is -2.21. The molecule has 3 aromatic rings. The Kier molecular flexibility index (Phi) is 8.40. The molecule has 0 aliphatic heterocycles. The quantitative estimate of drug-likeness (QED) is 0.370. The molecule has 2 aromatic carbocycles. The number of carbonyl (C=O) groups excluding carboxylic acids is 2. The fourth-order valence-electron chi connectivity index (χ4n) is 3.58. The second-order valence-electron chi connectivity index (χ2n) is 7.61. The Labute approximate surface area is 207 Å². The third-order valence-electron chi connectivity index (χ3n) is 5.09. The van der Waals surface area contributed by atoms with Gasteiger partial charge in [-0.05, 0) is 49.2 Å². The minimum atomic E-state index is -0.468. The average molecular weight is 509 g/mol. The van der Waals surface area contributed by atoms with E-state index in [2.05, 4.69) is 5.10 Å². The molecule has 1 N–H and O–H groups in total. The minimum absolute atomic E-state index is 0.0554. The third kappa shape index (κ3) is 5.69. The first-order valence-corrected chi connectivity index (χ1v) is 11.8. The Morgan fingerprint density at radius 3 is 2.39 bits per heavy atom. The fraction of sp³-hybridized carbons (Fsp3) is 0.292. The van der Waals surface area contributed by atoms with Gasteiger partial charge < -0.3 is 4.90 Å². The van der Waals surface area contributed by atoms with E-state index in [4.69, 9.17) is 34.8 Å². The number of aryl methyl sites for hydroxylation is 1. The first-order valence-electron chi connectivity index (χ1n) is 10.6. The summed E-state index contributed by atoms with van der Waals surface area (Å²) < 4.78 is 1.31. The van der Waals surface area contributed by atoms with Crippen LogP contribution in [-0.4, -0.2) is 39.5 Å². The Balaban J connectivity index is 1.96. The highest BCUT2D eigenvalue weighted by Gasteiger charge is 2.26. The summed E-state index contributed by atoms with van der Waals surface area (Å²) in [7, 11) is 0. The summed E-state index contributed by atoms with van der Waals surface area (Å²) in [6.45, 7) is 3.98. The van der Waals surface area contributed by atoms with Crippen LogP contribution in [0.3, 0.4) is 0 Å². The second kappa shape index (κ2) is 11.1. The summed E-state index contributed by atoms with van der Waals surface area (Å²) in [5, 5.41) is 4.11. The van der Waals surface area contributed by atoms with Gasteiger partial charge in [-0.3, -0.25) is 19.5 Å². The van der Waals surface area contributed by atoms with Gasteiger partial charge in [0.1, 0.15) is 5.56 Å². The van der Waals surface area contributed by atoms with Crippen molar-refractivity contribution < 1.29 is 9.59 Å². The summed E-state index contributed by atoms with van der Waals surface area (Å²) in [5.41, 5.74) is 0.973. The molecule has 0 unspecified atom stereocenters. The van der Waals surface area contributed by atoms with Gasteiger partial charge in [0.2, 0.25) is 0 Å². The van der Waals surface area contributed by atoms with Gasteiger partial charge in [0, 0.05) is 22.8 Å². The van der Waals surface area contributed by atoms with E-state index in [1.54, 1.807) is 30.3 Å². The number of ketones is 1. The molecule has 6 nitrogen and oxygen atoms in total. The molecule has 0 saturated carbocycles. The van der Waals surface area contributed by atoms with Crippen molar-refractivity contribution in [3.63, 3.8) is 0 Å². The molecule has 0 aliphatic rings. The molecule has 9 heteroatoms. The lowest BCUT2D eigenvalue weighted by atomic mass is 10.1. The van der Waals surface area contributed by atoms with E-state index in [0.29, 0.717) is 46.4 Å². The topological polar surface area (TPSA) is 75.2 Å². The summed E-state index contributed by atoms with van der Waals surface area (Å²) in [6.07, 6.45) is 1.89. The molecule has 3 rings (SSSR count). The highest BCUT2D eigenvalue weighted by molar-refractivity contribution is 6.42. The van der Waals surface area contributed by atoms with Crippen molar-refractivity contribution in [1.29, 1.82) is 0 Å². The number of carbonyl (C=O) groups is 2. The maximum absolute atomic E-state index is 13.3. The monoisotopic (exact) mass is 507 g/mol. The standard InChI is InChI=1S/C24H24Cl3N3O3/c1-3-6-20-22(24(33)30(28-20)17-8-5-7-16(25)13-17)21(31)14-29(11-4-2)23(32)15-9-10-18(26)19(27)12-15/h5,7-10,12-13,28H,3-4,6,11,14H2,1-2H3. The fourth-order valence-corrected chi connectivity index (χ4v) is 4.07. The van der Waals surface area contributed by atoms with Crippen LogP contribution in [0.1, 0.15) is 53.1 Å².